The van der Waals surface area contributed by atoms with Gasteiger partial charge >= 0.3 is 0 Å². The first kappa shape index (κ1) is 15.6. The van der Waals surface area contributed by atoms with Crippen molar-refractivity contribution in [1.29, 1.82) is 5.41 Å². The molecule has 1 fully saturated rings. The van der Waals surface area contributed by atoms with Crippen molar-refractivity contribution in [2.24, 2.45) is 0 Å². The topological polar surface area (TPSA) is 57.4 Å². The first-order valence-electron chi connectivity index (χ1n) is 6.98. The van der Waals surface area contributed by atoms with Crippen LogP contribution in [0.1, 0.15) is 19.5 Å². The van der Waals surface area contributed by atoms with E-state index >= 15 is 0 Å². The molecule has 0 atom stereocenters. The maximum Gasteiger partial charge on any atom is 0.173 e. The fraction of sp³-hybridized carbons (Fsp3) is 0.692. The van der Waals surface area contributed by atoms with E-state index in [0.29, 0.717) is 19.0 Å². The summed E-state index contributed by atoms with van der Waals surface area (Å²) >= 11 is 2.25. The zero-order valence-corrected chi connectivity index (χ0v) is 14.5. The van der Waals surface area contributed by atoms with Gasteiger partial charge in [0.25, 0.3) is 0 Å². The van der Waals surface area contributed by atoms with Crippen molar-refractivity contribution in [2.45, 2.75) is 20.4 Å². The van der Waals surface area contributed by atoms with Gasteiger partial charge in [-0.3, -0.25) is 5.41 Å². The number of ether oxygens (including phenoxy) is 1. The van der Waals surface area contributed by atoms with Crippen molar-refractivity contribution < 1.29 is 4.74 Å². The molecule has 1 saturated heterocycles. The van der Waals surface area contributed by atoms with Crippen LogP contribution in [0.15, 0.2) is 0 Å². The Hall–Kier alpha value is -0.830. The number of hydrogen-bond donors (Lipinski definition) is 1. The van der Waals surface area contributed by atoms with Gasteiger partial charge in [0.15, 0.2) is 9.67 Å². The molecule has 1 aliphatic rings. The first-order chi connectivity index (χ1) is 9.60. The molecule has 20 heavy (non-hydrogen) atoms. The van der Waals surface area contributed by atoms with Crippen LogP contribution in [-0.4, -0.2) is 60.2 Å². The van der Waals surface area contributed by atoms with Gasteiger partial charge in [-0.15, -0.1) is 0 Å². The Kier molecular flexibility index (Phi) is 5.25. The van der Waals surface area contributed by atoms with E-state index < -0.39 is 0 Å². The molecule has 1 N–H and O–H groups in total. The summed E-state index contributed by atoms with van der Waals surface area (Å²) in [6, 6.07) is 0. The molecule has 6 nitrogen and oxygen atoms in total. The van der Waals surface area contributed by atoms with Crippen LogP contribution in [0, 0.1) is 9.24 Å². The second-order valence-corrected chi connectivity index (χ2v) is 5.72. The summed E-state index contributed by atoms with van der Waals surface area (Å²) in [6.45, 7) is 8.89. The van der Waals surface area contributed by atoms with Crippen molar-refractivity contribution in [2.75, 3.05) is 44.8 Å². The molecular formula is C13H22IN5O. The largest absolute Gasteiger partial charge is 0.378 e. The molecule has 0 saturated carbocycles. The molecule has 0 aliphatic carbocycles. The van der Waals surface area contributed by atoms with Gasteiger partial charge in [-0.25, -0.2) is 4.98 Å². The Morgan fingerprint density at radius 1 is 1.40 bits per heavy atom. The highest BCUT2D eigenvalue weighted by Gasteiger charge is 2.25. The Balaban J connectivity index is 2.37. The van der Waals surface area contributed by atoms with Gasteiger partial charge in [0, 0.05) is 55.8 Å². The standard InChI is InChI=1S/C13H22IN5O/c1-4-17(3)12-10(16-13(14)19(12)5-2)11(15)18-6-8-20-9-7-18/h15H,4-9H2,1-3H3. The number of aromatic nitrogens is 2. The average molecular weight is 391 g/mol. The van der Waals surface area contributed by atoms with Crippen LogP contribution in [0.5, 0.6) is 0 Å². The van der Waals surface area contributed by atoms with E-state index in [9.17, 15) is 0 Å². The molecule has 1 aliphatic heterocycles. The van der Waals surface area contributed by atoms with E-state index in [-0.39, 0.29) is 0 Å². The van der Waals surface area contributed by atoms with Crippen LogP contribution in [0.2, 0.25) is 0 Å². The SMILES string of the molecule is CCN(C)c1c(C(=N)N2CCOCC2)nc(I)n1CC. The Morgan fingerprint density at radius 2 is 2.05 bits per heavy atom. The third-order valence-electron chi connectivity index (χ3n) is 3.60. The highest BCUT2D eigenvalue weighted by Crippen LogP contribution is 2.24. The molecule has 0 unspecified atom stereocenters. The number of nitrogens with one attached hydrogen (secondary N) is 1. The maximum absolute atomic E-state index is 8.48. The number of nitrogens with zero attached hydrogens (tertiary/aromatic N) is 4. The highest BCUT2D eigenvalue weighted by molar-refractivity contribution is 14.1. The summed E-state index contributed by atoms with van der Waals surface area (Å²) in [6.07, 6.45) is 0. The minimum Gasteiger partial charge on any atom is -0.378 e. The molecule has 1 aromatic rings. The molecule has 0 aromatic carbocycles. The number of amidine groups is 1. The number of halogens is 1. The van der Waals surface area contributed by atoms with Crippen molar-refractivity contribution >= 4 is 34.2 Å². The van der Waals surface area contributed by atoms with Gasteiger partial charge in [-0.1, -0.05) is 0 Å². The van der Waals surface area contributed by atoms with Crippen molar-refractivity contribution in [3.63, 3.8) is 0 Å². The Labute approximate surface area is 133 Å². The molecule has 0 amide bonds. The summed E-state index contributed by atoms with van der Waals surface area (Å²) in [5, 5.41) is 8.48. The zero-order chi connectivity index (χ0) is 14.7. The van der Waals surface area contributed by atoms with Crippen molar-refractivity contribution in [3.05, 3.63) is 9.53 Å². The Bertz CT molecular complexity index is 481. The van der Waals surface area contributed by atoms with Crippen LogP contribution in [0.25, 0.3) is 0 Å². The summed E-state index contributed by atoms with van der Waals surface area (Å²) in [5.41, 5.74) is 0.780. The van der Waals surface area contributed by atoms with Crippen molar-refractivity contribution in [3.8, 4) is 0 Å². The van der Waals surface area contributed by atoms with E-state index in [2.05, 4.69) is 62.8 Å². The Morgan fingerprint density at radius 3 is 2.60 bits per heavy atom. The van der Waals surface area contributed by atoms with Gasteiger partial charge in [0.05, 0.1) is 13.2 Å². The lowest BCUT2D eigenvalue weighted by Gasteiger charge is -2.29. The zero-order valence-electron chi connectivity index (χ0n) is 12.3. The molecule has 0 spiro atoms. The molecule has 7 heteroatoms. The third kappa shape index (κ3) is 2.93. The van der Waals surface area contributed by atoms with Gasteiger partial charge in [-0.05, 0) is 13.8 Å². The van der Waals surface area contributed by atoms with Crippen LogP contribution in [0.3, 0.4) is 0 Å². The van der Waals surface area contributed by atoms with E-state index in [1.165, 1.54) is 0 Å². The lowest BCUT2D eigenvalue weighted by Crippen LogP contribution is -2.41. The summed E-state index contributed by atoms with van der Waals surface area (Å²) in [4.78, 5) is 8.83. The predicted molar refractivity (Wildman–Crippen MR) is 88.8 cm³/mol. The van der Waals surface area contributed by atoms with E-state index in [4.69, 9.17) is 10.1 Å². The van der Waals surface area contributed by atoms with Crippen molar-refractivity contribution in [1.82, 2.24) is 14.5 Å². The third-order valence-corrected chi connectivity index (χ3v) is 4.42. The summed E-state index contributed by atoms with van der Waals surface area (Å²) in [5.74, 6) is 1.55. The number of morpholine rings is 1. The fourth-order valence-corrected chi connectivity index (χ4v) is 3.14. The number of imidazole rings is 1. The van der Waals surface area contributed by atoms with Crippen LogP contribution in [-0.2, 0) is 11.3 Å². The van der Waals surface area contributed by atoms with Crippen LogP contribution in [0.4, 0.5) is 5.82 Å². The fourth-order valence-electron chi connectivity index (χ4n) is 2.33. The summed E-state index contributed by atoms with van der Waals surface area (Å²) in [7, 11) is 2.05. The average Bonchev–Trinajstić information content (AvgIpc) is 2.83. The maximum atomic E-state index is 8.48. The molecule has 0 bridgehead atoms. The lowest BCUT2D eigenvalue weighted by atomic mass is 10.3. The second-order valence-electron chi connectivity index (χ2n) is 4.76. The number of rotatable bonds is 4. The quantitative estimate of drug-likeness (QED) is 0.482. The lowest BCUT2D eigenvalue weighted by molar-refractivity contribution is 0.0679. The smallest absolute Gasteiger partial charge is 0.173 e. The predicted octanol–water partition coefficient (Wildman–Crippen LogP) is 1.62. The molecule has 1 aromatic heterocycles. The van der Waals surface area contributed by atoms with Gasteiger partial charge in [-0.2, -0.15) is 0 Å². The molecule has 0 radical (unpaired) electrons. The minimum atomic E-state index is 0.508. The van der Waals surface area contributed by atoms with Gasteiger partial charge < -0.3 is 19.1 Å². The minimum absolute atomic E-state index is 0.508. The van der Waals surface area contributed by atoms with Gasteiger partial charge in [0.2, 0.25) is 0 Å². The van der Waals surface area contributed by atoms with E-state index in [0.717, 1.165) is 41.5 Å². The molecule has 2 heterocycles. The van der Waals surface area contributed by atoms with Crippen LogP contribution < -0.4 is 4.90 Å². The molecule has 112 valence electrons. The number of anilines is 1. The van der Waals surface area contributed by atoms with E-state index in [1.54, 1.807) is 0 Å². The first-order valence-corrected chi connectivity index (χ1v) is 8.06. The molecule has 2 rings (SSSR count). The highest BCUT2D eigenvalue weighted by atomic mass is 127. The normalized spacial score (nSPS) is 15.5. The molecular weight excluding hydrogens is 369 g/mol. The van der Waals surface area contributed by atoms with E-state index in [1.807, 2.05) is 0 Å². The number of hydrogen-bond acceptors (Lipinski definition) is 4. The summed E-state index contributed by atoms with van der Waals surface area (Å²) < 4.78 is 8.46. The van der Waals surface area contributed by atoms with Gasteiger partial charge in [0.1, 0.15) is 11.5 Å². The second kappa shape index (κ2) is 6.75. The monoisotopic (exact) mass is 391 g/mol. The van der Waals surface area contributed by atoms with Crippen LogP contribution >= 0.6 is 22.6 Å².